The predicted molar refractivity (Wildman–Crippen MR) is 151 cm³/mol. The van der Waals surface area contributed by atoms with E-state index in [-0.39, 0.29) is 23.8 Å². The third-order valence-corrected chi connectivity index (χ3v) is 6.96. The number of halogens is 2. The number of carbonyl (C=O) groups is 1. The second-order valence-corrected chi connectivity index (χ2v) is 9.65. The maximum atomic E-state index is 12.6. The van der Waals surface area contributed by atoms with Gasteiger partial charge in [-0.2, -0.15) is 5.26 Å². The lowest BCUT2D eigenvalue weighted by Gasteiger charge is -2.27. The number of esters is 1. The molecule has 1 unspecified atom stereocenters. The second-order valence-electron chi connectivity index (χ2n) is 8.81. The Morgan fingerprint density at radius 2 is 1.77 bits per heavy atom. The van der Waals surface area contributed by atoms with Crippen LogP contribution >= 0.6 is 23.2 Å². The van der Waals surface area contributed by atoms with Gasteiger partial charge in [0.05, 0.1) is 18.6 Å². The number of allylic oxidation sites excluding steroid dienone is 1. The summed E-state index contributed by atoms with van der Waals surface area (Å²) in [6, 6.07) is 26.3. The Bertz CT molecular complexity index is 1660. The van der Waals surface area contributed by atoms with E-state index in [1.807, 2.05) is 24.3 Å². The molecule has 4 aromatic carbocycles. The molecule has 2 N–H and O–H groups in total. The maximum Gasteiger partial charge on any atom is 0.343 e. The minimum absolute atomic E-state index is 0.0424. The van der Waals surface area contributed by atoms with Crippen molar-refractivity contribution >= 4 is 29.2 Å². The maximum absolute atomic E-state index is 12.6. The van der Waals surface area contributed by atoms with Crippen LogP contribution in [-0.4, -0.2) is 13.1 Å². The van der Waals surface area contributed by atoms with Gasteiger partial charge in [0, 0.05) is 27.2 Å². The lowest BCUT2D eigenvalue weighted by Crippen LogP contribution is -2.21. The summed E-state index contributed by atoms with van der Waals surface area (Å²) in [7, 11) is 1.54. The third kappa shape index (κ3) is 5.55. The topological polar surface area (TPSA) is 104 Å². The first kappa shape index (κ1) is 26.9. The van der Waals surface area contributed by atoms with Gasteiger partial charge in [-0.1, -0.05) is 53.5 Å². The number of nitrogens with zero attached hydrogens (tertiary/aromatic N) is 1. The Labute approximate surface area is 240 Å². The van der Waals surface area contributed by atoms with Crippen LogP contribution in [0.3, 0.4) is 0 Å². The molecule has 1 aliphatic heterocycles. The van der Waals surface area contributed by atoms with Crippen molar-refractivity contribution in [2.75, 3.05) is 7.11 Å². The quantitative estimate of drug-likeness (QED) is 0.187. The van der Waals surface area contributed by atoms with Gasteiger partial charge in [-0.05, 0) is 54.1 Å². The molecule has 0 aromatic heterocycles. The van der Waals surface area contributed by atoms with E-state index in [1.165, 1.54) is 7.11 Å². The number of nitrogens with two attached hydrogens (primary N) is 1. The largest absolute Gasteiger partial charge is 0.493 e. The average Bonchev–Trinajstić information content (AvgIpc) is 2.96. The molecule has 0 amide bonds. The molecule has 9 heteroatoms. The van der Waals surface area contributed by atoms with Crippen molar-refractivity contribution in [3.05, 3.63) is 129 Å². The smallest absolute Gasteiger partial charge is 0.343 e. The van der Waals surface area contributed by atoms with Crippen LogP contribution in [0.15, 0.2) is 96.4 Å². The fourth-order valence-electron chi connectivity index (χ4n) is 4.35. The first-order chi connectivity index (χ1) is 19.4. The fourth-order valence-corrected chi connectivity index (χ4v) is 4.66. The van der Waals surface area contributed by atoms with Gasteiger partial charge in [0.1, 0.15) is 29.7 Å². The minimum atomic E-state index is -0.554. The minimum Gasteiger partial charge on any atom is -0.493 e. The summed E-state index contributed by atoms with van der Waals surface area (Å²) in [6.07, 6.45) is 0. The number of hydrogen-bond donors (Lipinski definition) is 1. The molecule has 1 aliphatic rings. The van der Waals surface area contributed by atoms with E-state index in [9.17, 15) is 10.1 Å². The second kappa shape index (κ2) is 11.6. The SMILES string of the molecule is COc1cc(C2C(C#N)=C(N)Oc3cc(OC(=O)c4ccc(Cl)cc4)ccc32)ccc1OCc1ccccc1Cl. The molecule has 200 valence electrons. The van der Waals surface area contributed by atoms with E-state index in [0.29, 0.717) is 38.4 Å². The first-order valence-electron chi connectivity index (χ1n) is 12.1. The highest BCUT2D eigenvalue weighted by Crippen LogP contribution is 2.45. The molecule has 40 heavy (non-hydrogen) atoms. The number of rotatable bonds is 7. The van der Waals surface area contributed by atoms with Gasteiger partial charge in [0.2, 0.25) is 5.88 Å². The first-order valence-corrected chi connectivity index (χ1v) is 12.9. The van der Waals surface area contributed by atoms with Crippen molar-refractivity contribution in [3.8, 4) is 29.1 Å². The lowest BCUT2D eigenvalue weighted by atomic mass is 9.83. The van der Waals surface area contributed by atoms with Crippen LogP contribution < -0.4 is 24.7 Å². The average molecular weight is 573 g/mol. The van der Waals surface area contributed by atoms with Crippen molar-refractivity contribution in [1.82, 2.24) is 0 Å². The lowest BCUT2D eigenvalue weighted by molar-refractivity contribution is 0.0734. The zero-order chi connectivity index (χ0) is 28.2. The number of carbonyl (C=O) groups excluding carboxylic acids is 1. The molecular formula is C31H22Cl2N2O5. The van der Waals surface area contributed by atoms with Crippen LogP contribution in [0, 0.1) is 11.3 Å². The molecule has 1 atom stereocenters. The van der Waals surface area contributed by atoms with Gasteiger partial charge in [0.25, 0.3) is 0 Å². The molecular weight excluding hydrogens is 551 g/mol. The van der Waals surface area contributed by atoms with Crippen LogP contribution in [0.4, 0.5) is 0 Å². The number of benzene rings is 4. The van der Waals surface area contributed by atoms with Crippen LogP contribution in [0.1, 0.15) is 33.0 Å². The van der Waals surface area contributed by atoms with Gasteiger partial charge in [-0.3, -0.25) is 0 Å². The van der Waals surface area contributed by atoms with E-state index in [1.54, 1.807) is 60.7 Å². The zero-order valence-electron chi connectivity index (χ0n) is 21.2. The molecule has 0 bridgehead atoms. The summed E-state index contributed by atoms with van der Waals surface area (Å²) in [4.78, 5) is 12.6. The van der Waals surface area contributed by atoms with Crippen LogP contribution in [0.2, 0.25) is 10.0 Å². The highest BCUT2D eigenvalue weighted by Gasteiger charge is 2.32. The van der Waals surface area contributed by atoms with E-state index in [0.717, 1.165) is 11.1 Å². The summed E-state index contributed by atoms with van der Waals surface area (Å²) in [6.45, 7) is 0.253. The predicted octanol–water partition coefficient (Wildman–Crippen LogP) is 7.02. The van der Waals surface area contributed by atoms with Gasteiger partial charge in [-0.15, -0.1) is 0 Å². The molecule has 0 saturated heterocycles. The third-order valence-electron chi connectivity index (χ3n) is 6.34. The summed E-state index contributed by atoms with van der Waals surface area (Å²) in [5.41, 5.74) is 8.99. The Balaban J connectivity index is 1.44. The van der Waals surface area contributed by atoms with Crippen LogP contribution in [0.5, 0.6) is 23.0 Å². The summed E-state index contributed by atoms with van der Waals surface area (Å²) in [5, 5.41) is 11.1. The normalized spacial score (nSPS) is 14.0. The van der Waals surface area contributed by atoms with Crippen molar-refractivity contribution in [2.45, 2.75) is 12.5 Å². The van der Waals surface area contributed by atoms with Crippen molar-refractivity contribution in [1.29, 1.82) is 5.26 Å². The monoisotopic (exact) mass is 572 g/mol. The fraction of sp³-hybridized carbons (Fsp3) is 0.0968. The summed E-state index contributed by atoms with van der Waals surface area (Å²) < 4.78 is 22.9. The van der Waals surface area contributed by atoms with Gasteiger partial charge < -0.3 is 24.7 Å². The molecule has 7 nitrogen and oxygen atoms in total. The molecule has 5 rings (SSSR count). The standard InChI is InChI=1S/C31H22Cl2N2O5/c1-37-28-14-19(8-13-26(28)38-17-20-4-2-3-5-25(20)33)29-23-12-11-22(15-27(23)40-30(35)24(29)16-34)39-31(36)18-6-9-21(32)10-7-18/h2-15,29H,17,35H2,1H3. The van der Waals surface area contributed by atoms with Crippen molar-refractivity contribution in [3.63, 3.8) is 0 Å². The van der Waals surface area contributed by atoms with E-state index >= 15 is 0 Å². The molecule has 0 saturated carbocycles. The Morgan fingerprint density at radius 1 is 1.00 bits per heavy atom. The van der Waals surface area contributed by atoms with E-state index < -0.39 is 11.9 Å². The van der Waals surface area contributed by atoms with E-state index in [2.05, 4.69) is 6.07 Å². The van der Waals surface area contributed by atoms with Crippen molar-refractivity contribution < 1.29 is 23.7 Å². The van der Waals surface area contributed by atoms with Crippen molar-refractivity contribution in [2.24, 2.45) is 5.73 Å². The van der Waals surface area contributed by atoms with Gasteiger partial charge >= 0.3 is 5.97 Å². The van der Waals surface area contributed by atoms with Gasteiger partial charge in [-0.25, -0.2) is 4.79 Å². The Kier molecular flexibility index (Phi) is 7.83. The Hall–Kier alpha value is -4.64. The number of hydrogen-bond acceptors (Lipinski definition) is 7. The summed E-state index contributed by atoms with van der Waals surface area (Å²) in [5.74, 6) is 0.454. The molecule has 4 aromatic rings. The van der Waals surface area contributed by atoms with Crippen LogP contribution in [0.25, 0.3) is 0 Å². The molecule has 0 fully saturated rings. The number of fused-ring (bicyclic) bond motifs is 1. The zero-order valence-corrected chi connectivity index (χ0v) is 22.7. The number of nitriles is 1. The summed E-state index contributed by atoms with van der Waals surface area (Å²) >= 11 is 12.2. The van der Waals surface area contributed by atoms with E-state index in [4.69, 9.17) is 47.9 Å². The number of methoxy groups -OCH3 is 1. The van der Waals surface area contributed by atoms with Crippen LogP contribution in [-0.2, 0) is 6.61 Å². The highest BCUT2D eigenvalue weighted by molar-refractivity contribution is 6.31. The number of ether oxygens (including phenoxy) is 4. The molecule has 0 aliphatic carbocycles. The molecule has 0 spiro atoms. The molecule has 1 heterocycles. The Morgan fingerprint density at radius 3 is 2.50 bits per heavy atom. The highest BCUT2D eigenvalue weighted by atomic mass is 35.5. The molecule has 0 radical (unpaired) electrons. The van der Waals surface area contributed by atoms with Gasteiger partial charge in [0.15, 0.2) is 11.5 Å².